The number of benzene rings is 2. The van der Waals surface area contributed by atoms with Crippen molar-refractivity contribution in [2.24, 2.45) is 5.10 Å². The normalized spacial score (nSPS) is 11.6. The Hall–Kier alpha value is -3.10. The van der Waals surface area contributed by atoms with E-state index in [2.05, 4.69) is 21.2 Å². The predicted molar refractivity (Wildman–Crippen MR) is 121 cm³/mol. The topological polar surface area (TPSA) is 109 Å². The van der Waals surface area contributed by atoms with Crippen molar-refractivity contribution in [2.45, 2.75) is 26.3 Å². The number of halogens is 2. The zero-order chi connectivity index (χ0) is 22.8. The number of hydrazone groups is 1. The van der Waals surface area contributed by atoms with Gasteiger partial charge in [0.15, 0.2) is 6.61 Å². The molecule has 31 heavy (non-hydrogen) atoms. The first-order chi connectivity index (χ1) is 14.8. The molecule has 0 bridgehead atoms. The van der Waals surface area contributed by atoms with E-state index in [9.17, 15) is 14.4 Å². The van der Waals surface area contributed by atoms with Crippen LogP contribution in [0.15, 0.2) is 47.6 Å². The minimum atomic E-state index is -0.879. The third-order valence-corrected chi connectivity index (χ3v) is 4.79. The fraction of sp³-hybridized carbons (Fsp3) is 0.238. The van der Waals surface area contributed by atoms with Gasteiger partial charge in [-0.05, 0) is 43.7 Å². The van der Waals surface area contributed by atoms with Gasteiger partial charge in [-0.2, -0.15) is 5.10 Å². The Morgan fingerprint density at radius 2 is 1.84 bits per heavy atom. The van der Waals surface area contributed by atoms with E-state index in [1.165, 1.54) is 12.3 Å². The van der Waals surface area contributed by atoms with Crippen molar-refractivity contribution in [3.8, 4) is 5.75 Å². The Morgan fingerprint density at radius 1 is 1.10 bits per heavy atom. The van der Waals surface area contributed by atoms with Crippen LogP contribution < -0.4 is 20.8 Å². The van der Waals surface area contributed by atoms with Gasteiger partial charge in [0.1, 0.15) is 5.75 Å². The molecule has 0 fully saturated rings. The highest BCUT2D eigenvalue weighted by Gasteiger charge is 2.14. The summed E-state index contributed by atoms with van der Waals surface area (Å²) in [6, 6.07) is 11.4. The molecule has 1 atom stereocenters. The molecule has 2 rings (SSSR count). The van der Waals surface area contributed by atoms with Gasteiger partial charge < -0.3 is 15.4 Å². The van der Waals surface area contributed by atoms with E-state index < -0.39 is 17.7 Å². The van der Waals surface area contributed by atoms with E-state index in [4.69, 9.17) is 27.9 Å². The van der Waals surface area contributed by atoms with Gasteiger partial charge >= 0.3 is 11.8 Å². The third-order valence-electron chi connectivity index (χ3n) is 4.05. The zero-order valence-electron chi connectivity index (χ0n) is 16.9. The number of anilines is 1. The molecular weight excluding hydrogens is 443 g/mol. The standard InChI is InChI=1S/C21H22Cl2N4O4/c1-3-13(2)25-20(29)21(30)27-24-11-14-6-4-5-7-18(14)31-12-19(28)26-15-8-9-16(22)17(23)10-15/h4-11,13H,3,12H2,1-2H3,(H,25,29)(H,26,28)(H,27,30)/b24-11-/t13-/m0/s1. The van der Waals surface area contributed by atoms with E-state index in [-0.39, 0.29) is 12.6 Å². The van der Waals surface area contributed by atoms with Gasteiger partial charge in [-0.1, -0.05) is 42.3 Å². The number of para-hydroxylation sites is 1. The van der Waals surface area contributed by atoms with Crippen molar-refractivity contribution in [1.29, 1.82) is 0 Å². The minimum absolute atomic E-state index is 0.119. The molecule has 2 aromatic carbocycles. The van der Waals surface area contributed by atoms with Crippen molar-refractivity contribution in [2.75, 3.05) is 11.9 Å². The summed E-state index contributed by atoms with van der Waals surface area (Å²) < 4.78 is 5.54. The van der Waals surface area contributed by atoms with E-state index in [0.29, 0.717) is 33.5 Å². The summed E-state index contributed by atoms with van der Waals surface area (Å²) in [4.78, 5) is 35.6. The maximum absolute atomic E-state index is 12.1. The third kappa shape index (κ3) is 7.92. The SMILES string of the molecule is CC[C@H](C)NC(=O)C(=O)N/N=C\c1ccccc1OCC(=O)Nc1ccc(Cl)c(Cl)c1. The Labute approximate surface area is 189 Å². The molecule has 8 nitrogen and oxygen atoms in total. The molecule has 3 amide bonds. The Morgan fingerprint density at radius 3 is 2.55 bits per heavy atom. The number of hydrogen-bond donors (Lipinski definition) is 3. The smallest absolute Gasteiger partial charge is 0.329 e. The molecule has 0 aliphatic carbocycles. The second-order valence-corrected chi connectivity index (χ2v) is 7.30. The maximum Gasteiger partial charge on any atom is 0.329 e. The maximum atomic E-state index is 12.1. The number of carbonyl (C=O) groups is 3. The summed E-state index contributed by atoms with van der Waals surface area (Å²) in [7, 11) is 0. The van der Waals surface area contributed by atoms with Crippen LogP contribution in [0.1, 0.15) is 25.8 Å². The van der Waals surface area contributed by atoms with Gasteiger partial charge in [-0.3, -0.25) is 14.4 Å². The Bertz CT molecular complexity index is 982. The lowest BCUT2D eigenvalue weighted by atomic mass is 10.2. The van der Waals surface area contributed by atoms with E-state index >= 15 is 0 Å². The summed E-state index contributed by atoms with van der Waals surface area (Å²) in [5.74, 6) is -1.68. The van der Waals surface area contributed by atoms with Crippen LogP contribution in [-0.4, -0.2) is 36.6 Å². The Kier molecular flexibility index (Phi) is 9.30. The molecule has 0 saturated heterocycles. The molecule has 0 spiro atoms. The molecule has 3 N–H and O–H groups in total. The highest BCUT2D eigenvalue weighted by atomic mass is 35.5. The molecule has 0 aliphatic heterocycles. The van der Waals surface area contributed by atoms with Crippen molar-refractivity contribution >= 4 is 52.8 Å². The lowest BCUT2D eigenvalue weighted by Crippen LogP contribution is -2.41. The highest BCUT2D eigenvalue weighted by Crippen LogP contribution is 2.25. The van der Waals surface area contributed by atoms with E-state index in [1.54, 1.807) is 43.3 Å². The largest absolute Gasteiger partial charge is 0.483 e. The lowest BCUT2D eigenvalue weighted by Gasteiger charge is -2.10. The van der Waals surface area contributed by atoms with Crippen LogP contribution in [0.3, 0.4) is 0 Å². The van der Waals surface area contributed by atoms with Crippen molar-refractivity contribution in [1.82, 2.24) is 10.7 Å². The average molecular weight is 465 g/mol. The quantitative estimate of drug-likeness (QED) is 0.316. The van der Waals surface area contributed by atoms with Crippen LogP contribution in [0, 0.1) is 0 Å². The molecule has 0 saturated carbocycles. The molecule has 0 heterocycles. The summed E-state index contributed by atoms with van der Waals surface area (Å²) in [5, 5.41) is 9.67. The lowest BCUT2D eigenvalue weighted by molar-refractivity contribution is -0.139. The van der Waals surface area contributed by atoms with Gasteiger partial charge in [-0.25, -0.2) is 5.43 Å². The number of nitrogens with zero attached hydrogens (tertiary/aromatic N) is 1. The number of carbonyl (C=O) groups excluding carboxylic acids is 3. The van der Waals surface area contributed by atoms with E-state index in [0.717, 1.165) is 0 Å². The molecule has 0 aromatic heterocycles. The van der Waals surface area contributed by atoms with Crippen LogP contribution in [0.2, 0.25) is 10.0 Å². The molecule has 2 aromatic rings. The van der Waals surface area contributed by atoms with Crippen LogP contribution >= 0.6 is 23.2 Å². The number of amides is 3. The second kappa shape index (κ2) is 11.9. The van der Waals surface area contributed by atoms with Gasteiger partial charge in [0.2, 0.25) is 0 Å². The molecule has 0 radical (unpaired) electrons. The number of ether oxygens (including phenoxy) is 1. The summed E-state index contributed by atoms with van der Waals surface area (Å²) >= 11 is 11.8. The van der Waals surface area contributed by atoms with Crippen LogP contribution in [0.25, 0.3) is 0 Å². The Balaban J connectivity index is 1.91. The highest BCUT2D eigenvalue weighted by molar-refractivity contribution is 6.42. The van der Waals surface area contributed by atoms with Crippen molar-refractivity contribution < 1.29 is 19.1 Å². The fourth-order valence-electron chi connectivity index (χ4n) is 2.24. The van der Waals surface area contributed by atoms with Crippen LogP contribution in [-0.2, 0) is 14.4 Å². The monoisotopic (exact) mass is 464 g/mol. The summed E-state index contributed by atoms with van der Waals surface area (Å²) in [5.41, 5.74) is 3.14. The molecular formula is C21H22Cl2N4O4. The average Bonchev–Trinajstić information content (AvgIpc) is 2.75. The van der Waals surface area contributed by atoms with Gasteiger partial charge in [0, 0.05) is 17.3 Å². The summed E-state index contributed by atoms with van der Waals surface area (Å²) in [6.45, 7) is 3.41. The van der Waals surface area contributed by atoms with Gasteiger partial charge in [0.25, 0.3) is 5.91 Å². The molecule has 0 aliphatic rings. The molecule has 164 valence electrons. The number of nitrogens with one attached hydrogen (secondary N) is 3. The predicted octanol–water partition coefficient (Wildman–Crippen LogP) is 3.38. The molecule has 10 heteroatoms. The minimum Gasteiger partial charge on any atom is -0.483 e. The first kappa shape index (κ1) is 24.2. The second-order valence-electron chi connectivity index (χ2n) is 6.49. The van der Waals surface area contributed by atoms with E-state index in [1.807, 2.05) is 6.92 Å². The fourth-order valence-corrected chi connectivity index (χ4v) is 2.53. The van der Waals surface area contributed by atoms with Crippen molar-refractivity contribution in [3.05, 3.63) is 58.1 Å². The summed E-state index contributed by atoms with van der Waals surface area (Å²) in [6.07, 6.45) is 2.02. The first-order valence-corrected chi connectivity index (χ1v) is 10.2. The number of rotatable bonds is 8. The van der Waals surface area contributed by atoms with Gasteiger partial charge in [0.05, 0.1) is 16.3 Å². The zero-order valence-corrected chi connectivity index (χ0v) is 18.5. The number of hydrogen-bond acceptors (Lipinski definition) is 5. The van der Waals surface area contributed by atoms with Crippen molar-refractivity contribution in [3.63, 3.8) is 0 Å². The van der Waals surface area contributed by atoms with Crippen LogP contribution in [0.4, 0.5) is 5.69 Å². The molecule has 0 unspecified atom stereocenters. The van der Waals surface area contributed by atoms with Crippen LogP contribution in [0.5, 0.6) is 5.75 Å². The van der Waals surface area contributed by atoms with Gasteiger partial charge in [-0.15, -0.1) is 0 Å². The first-order valence-electron chi connectivity index (χ1n) is 9.40.